The first-order chi connectivity index (χ1) is 8.75. The van der Waals surface area contributed by atoms with Crippen LogP contribution in [0.25, 0.3) is 11.0 Å². The highest BCUT2D eigenvalue weighted by atomic mass is 16.7. The lowest BCUT2D eigenvalue weighted by Gasteiger charge is -2.16. The van der Waals surface area contributed by atoms with Gasteiger partial charge in [0.1, 0.15) is 17.1 Å². The Labute approximate surface area is 104 Å². The van der Waals surface area contributed by atoms with Crippen molar-refractivity contribution in [3.05, 3.63) is 24.3 Å². The lowest BCUT2D eigenvalue weighted by Crippen LogP contribution is -2.39. The molecule has 1 fully saturated rings. The van der Waals surface area contributed by atoms with E-state index in [0.717, 1.165) is 19.4 Å². The lowest BCUT2D eigenvalue weighted by atomic mass is 10.2. The Balaban J connectivity index is 1.82. The molecule has 0 aliphatic carbocycles. The van der Waals surface area contributed by atoms with Crippen LogP contribution in [0.5, 0.6) is 0 Å². The SMILES string of the molecule is CN1CCCC1C(=O)On1nnc2ccccc21. The number of carbonyl (C=O) groups excluding carboxylic acids is 1. The minimum absolute atomic E-state index is 0.173. The van der Waals surface area contributed by atoms with Gasteiger partial charge in [-0.15, -0.1) is 5.10 Å². The molecule has 94 valence electrons. The van der Waals surface area contributed by atoms with Crippen molar-refractivity contribution in [2.24, 2.45) is 0 Å². The van der Waals surface area contributed by atoms with Gasteiger partial charge >= 0.3 is 5.97 Å². The molecular weight excluding hydrogens is 232 g/mol. The van der Waals surface area contributed by atoms with Gasteiger partial charge in [-0.25, -0.2) is 4.79 Å². The number of carbonyl (C=O) groups is 1. The summed E-state index contributed by atoms with van der Waals surface area (Å²) in [5.41, 5.74) is 1.41. The second-order valence-electron chi connectivity index (χ2n) is 4.50. The van der Waals surface area contributed by atoms with Gasteiger partial charge in [0.15, 0.2) is 0 Å². The summed E-state index contributed by atoms with van der Waals surface area (Å²) in [6.07, 6.45) is 1.86. The molecule has 1 aliphatic heterocycles. The average Bonchev–Trinajstić information content (AvgIpc) is 2.97. The van der Waals surface area contributed by atoms with Gasteiger partial charge in [-0.3, -0.25) is 4.90 Å². The Hall–Kier alpha value is -1.95. The molecule has 1 aliphatic rings. The standard InChI is InChI=1S/C12H14N4O2/c1-15-8-4-7-11(15)12(17)18-16-10-6-3-2-5-9(10)13-14-16/h2-3,5-6,11H,4,7-8H2,1H3. The second-order valence-corrected chi connectivity index (χ2v) is 4.50. The largest absolute Gasteiger partial charge is 0.351 e. The molecular formula is C12H14N4O2. The number of para-hydroxylation sites is 1. The van der Waals surface area contributed by atoms with Gasteiger partial charge in [-0.2, -0.15) is 0 Å². The first-order valence-corrected chi connectivity index (χ1v) is 5.98. The van der Waals surface area contributed by atoms with Crippen LogP contribution in [0.1, 0.15) is 12.8 Å². The molecule has 0 amide bonds. The topological polar surface area (TPSA) is 60.2 Å². The van der Waals surface area contributed by atoms with Crippen molar-refractivity contribution in [2.45, 2.75) is 18.9 Å². The van der Waals surface area contributed by atoms with E-state index >= 15 is 0 Å². The van der Waals surface area contributed by atoms with Crippen molar-refractivity contribution in [3.8, 4) is 0 Å². The number of rotatable bonds is 2. The maximum Gasteiger partial charge on any atom is 0.351 e. The molecule has 2 heterocycles. The van der Waals surface area contributed by atoms with Crippen molar-refractivity contribution in [1.29, 1.82) is 0 Å². The van der Waals surface area contributed by atoms with Crippen molar-refractivity contribution in [1.82, 2.24) is 20.1 Å². The highest BCUT2D eigenvalue weighted by molar-refractivity contribution is 5.78. The summed E-state index contributed by atoms with van der Waals surface area (Å²) in [4.78, 5) is 20.5. The molecule has 0 saturated carbocycles. The molecule has 1 saturated heterocycles. The van der Waals surface area contributed by atoms with Crippen molar-refractivity contribution in [2.75, 3.05) is 13.6 Å². The van der Waals surface area contributed by atoms with Crippen LogP contribution in [-0.4, -0.2) is 45.7 Å². The summed E-state index contributed by atoms with van der Waals surface area (Å²) in [5.74, 6) is -0.273. The lowest BCUT2D eigenvalue weighted by molar-refractivity contribution is -0.150. The number of nitrogens with zero attached hydrogens (tertiary/aromatic N) is 4. The third kappa shape index (κ3) is 1.84. The van der Waals surface area contributed by atoms with Crippen molar-refractivity contribution in [3.63, 3.8) is 0 Å². The quantitative estimate of drug-likeness (QED) is 0.721. The molecule has 1 unspecified atom stereocenters. The number of fused-ring (bicyclic) bond motifs is 1. The highest BCUT2D eigenvalue weighted by Gasteiger charge is 2.30. The monoisotopic (exact) mass is 246 g/mol. The Morgan fingerprint density at radius 2 is 2.28 bits per heavy atom. The van der Waals surface area contributed by atoms with Crippen LogP contribution in [0.2, 0.25) is 0 Å². The van der Waals surface area contributed by atoms with Crippen LogP contribution in [0.15, 0.2) is 24.3 Å². The van der Waals surface area contributed by atoms with E-state index in [0.29, 0.717) is 11.0 Å². The summed E-state index contributed by atoms with van der Waals surface area (Å²) in [7, 11) is 1.93. The number of aromatic nitrogens is 3. The zero-order valence-electron chi connectivity index (χ0n) is 10.1. The van der Waals surface area contributed by atoms with Gasteiger partial charge in [-0.1, -0.05) is 17.0 Å². The molecule has 3 rings (SSSR count). The highest BCUT2D eigenvalue weighted by Crippen LogP contribution is 2.15. The fourth-order valence-corrected chi connectivity index (χ4v) is 2.27. The molecule has 2 aromatic rings. The average molecular weight is 246 g/mol. The molecule has 18 heavy (non-hydrogen) atoms. The van der Waals surface area contributed by atoms with Crippen LogP contribution in [-0.2, 0) is 4.79 Å². The van der Waals surface area contributed by atoms with Crippen LogP contribution >= 0.6 is 0 Å². The van der Waals surface area contributed by atoms with Crippen molar-refractivity contribution >= 4 is 17.0 Å². The normalized spacial score (nSPS) is 20.4. The molecule has 0 N–H and O–H groups in total. The van der Waals surface area contributed by atoms with Gasteiger partial charge in [0, 0.05) is 0 Å². The molecule has 0 spiro atoms. The van der Waals surface area contributed by atoms with Gasteiger partial charge in [0.2, 0.25) is 0 Å². The van der Waals surface area contributed by atoms with Crippen LogP contribution < -0.4 is 4.84 Å². The number of hydrogen-bond donors (Lipinski definition) is 0. The molecule has 1 atom stereocenters. The first kappa shape index (κ1) is 11.2. The van der Waals surface area contributed by atoms with E-state index in [-0.39, 0.29) is 12.0 Å². The molecule has 0 bridgehead atoms. The number of hydrogen-bond acceptors (Lipinski definition) is 5. The third-order valence-corrected chi connectivity index (χ3v) is 3.29. The van der Waals surface area contributed by atoms with Gasteiger partial charge < -0.3 is 4.84 Å². The van der Waals surface area contributed by atoms with Gasteiger partial charge in [0.25, 0.3) is 0 Å². The van der Waals surface area contributed by atoms with E-state index in [2.05, 4.69) is 10.3 Å². The fraction of sp³-hybridized carbons (Fsp3) is 0.417. The van der Waals surface area contributed by atoms with Gasteiger partial charge in [0.05, 0.1) is 0 Å². The smallest absolute Gasteiger partial charge is 0.315 e. The third-order valence-electron chi connectivity index (χ3n) is 3.29. The maximum absolute atomic E-state index is 12.0. The molecule has 1 aromatic carbocycles. The summed E-state index contributed by atoms with van der Waals surface area (Å²) in [6, 6.07) is 7.20. The first-order valence-electron chi connectivity index (χ1n) is 5.98. The maximum atomic E-state index is 12.0. The second kappa shape index (κ2) is 4.38. The van der Waals surface area contributed by atoms with E-state index < -0.39 is 0 Å². The Bertz CT molecular complexity index is 580. The van der Waals surface area contributed by atoms with Crippen LogP contribution in [0.4, 0.5) is 0 Å². The molecule has 1 aromatic heterocycles. The molecule has 0 radical (unpaired) electrons. The summed E-state index contributed by atoms with van der Waals surface area (Å²) in [6.45, 7) is 0.928. The van der Waals surface area contributed by atoms with E-state index in [4.69, 9.17) is 4.84 Å². The van der Waals surface area contributed by atoms with E-state index in [1.807, 2.05) is 36.2 Å². The minimum atomic E-state index is -0.273. The predicted octanol–water partition coefficient (Wildman–Crippen LogP) is 0.481. The Morgan fingerprint density at radius 3 is 3.06 bits per heavy atom. The van der Waals surface area contributed by atoms with E-state index in [1.54, 1.807) is 0 Å². The number of likely N-dealkylation sites (tertiary alicyclic amines) is 1. The summed E-state index contributed by atoms with van der Waals surface area (Å²) in [5, 5.41) is 7.78. The fourth-order valence-electron chi connectivity index (χ4n) is 2.27. The summed E-state index contributed by atoms with van der Waals surface area (Å²) < 4.78 is 0. The van der Waals surface area contributed by atoms with Crippen LogP contribution in [0.3, 0.4) is 0 Å². The molecule has 6 nitrogen and oxygen atoms in total. The molecule has 6 heteroatoms. The Morgan fingerprint density at radius 1 is 1.44 bits per heavy atom. The number of benzene rings is 1. The zero-order valence-corrected chi connectivity index (χ0v) is 10.1. The number of likely N-dealkylation sites (N-methyl/N-ethyl adjacent to an activating group) is 1. The van der Waals surface area contributed by atoms with E-state index in [1.165, 1.54) is 4.85 Å². The predicted molar refractivity (Wildman–Crippen MR) is 64.8 cm³/mol. The van der Waals surface area contributed by atoms with Crippen LogP contribution in [0, 0.1) is 0 Å². The Kier molecular flexibility index (Phi) is 2.71. The summed E-state index contributed by atoms with van der Waals surface area (Å²) >= 11 is 0. The van der Waals surface area contributed by atoms with Gasteiger partial charge in [-0.05, 0) is 43.8 Å². The zero-order chi connectivity index (χ0) is 12.5. The van der Waals surface area contributed by atoms with E-state index in [9.17, 15) is 4.79 Å². The minimum Gasteiger partial charge on any atom is -0.315 e. The van der Waals surface area contributed by atoms with Crippen molar-refractivity contribution < 1.29 is 9.63 Å².